The van der Waals surface area contributed by atoms with Crippen LogP contribution in [-0.2, 0) is 14.6 Å². The number of carbonyl (C=O) groups excluding carboxylic acids is 1. The fourth-order valence-electron chi connectivity index (χ4n) is 1.42. The Balaban J connectivity index is 2.80. The maximum atomic E-state index is 13.5. The van der Waals surface area contributed by atoms with E-state index in [1.165, 1.54) is 6.07 Å². The van der Waals surface area contributed by atoms with Crippen molar-refractivity contribution in [2.75, 3.05) is 16.9 Å². The highest BCUT2D eigenvalue weighted by molar-refractivity contribution is 9.09. The minimum Gasteiger partial charge on any atom is -0.324 e. The molecule has 0 aromatic heterocycles. The van der Waals surface area contributed by atoms with E-state index in [9.17, 15) is 17.6 Å². The highest BCUT2D eigenvalue weighted by Crippen LogP contribution is 2.20. The Morgan fingerprint density at radius 2 is 2.05 bits per heavy atom. The van der Waals surface area contributed by atoms with Crippen LogP contribution in [0.25, 0.3) is 0 Å². The SMILES string of the molecule is CS(=O)(=O)c1ccc(F)c(NC(=O)CCCCBr)c1. The molecule has 0 unspecified atom stereocenters. The van der Waals surface area contributed by atoms with Gasteiger partial charge in [-0.15, -0.1) is 0 Å². The Kier molecular flexibility index (Phi) is 5.93. The molecule has 0 heterocycles. The summed E-state index contributed by atoms with van der Waals surface area (Å²) < 4.78 is 36.2. The van der Waals surface area contributed by atoms with E-state index < -0.39 is 15.7 Å². The molecule has 1 N–H and O–H groups in total. The number of rotatable bonds is 6. The monoisotopic (exact) mass is 351 g/mol. The molecule has 19 heavy (non-hydrogen) atoms. The second-order valence-corrected chi connectivity index (χ2v) is 6.92. The van der Waals surface area contributed by atoms with Crippen LogP contribution < -0.4 is 5.32 Å². The lowest BCUT2D eigenvalue weighted by Crippen LogP contribution is -2.13. The molecule has 4 nitrogen and oxygen atoms in total. The van der Waals surface area contributed by atoms with Gasteiger partial charge in [-0.2, -0.15) is 0 Å². The first-order valence-corrected chi connectivity index (χ1v) is 8.71. The summed E-state index contributed by atoms with van der Waals surface area (Å²) in [5, 5.41) is 3.19. The van der Waals surface area contributed by atoms with Crippen molar-refractivity contribution in [1.82, 2.24) is 0 Å². The van der Waals surface area contributed by atoms with Gasteiger partial charge >= 0.3 is 0 Å². The third-order valence-electron chi connectivity index (χ3n) is 2.43. The van der Waals surface area contributed by atoms with Gasteiger partial charge in [0.2, 0.25) is 5.91 Å². The third-order valence-corrected chi connectivity index (χ3v) is 4.10. The number of alkyl halides is 1. The molecular weight excluding hydrogens is 337 g/mol. The predicted molar refractivity (Wildman–Crippen MR) is 75.8 cm³/mol. The molecule has 1 amide bonds. The quantitative estimate of drug-likeness (QED) is 0.486. The van der Waals surface area contributed by atoms with Crippen molar-refractivity contribution in [2.45, 2.75) is 24.2 Å². The highest BCUT2D eigenvalue weighted by atomic mass is 79.9. The minimum atomic E-state index is -3.42. The van der Waals surface area contributed by atoms with E-state index in [0.29, 0.717) is 6.42 Å². The molecule has 0 saturated carbocycles. The summed E-state index contributed by atoms with van der Waals surface area (Å²) >= 11 is 3.25. The fraction of sp³-hybridized carbons (Fsp3) is 0.417. The molecule has 0 spiro atoms. The van der Waals surface area contributed by atoms with E-state index >= 15 is 0 Å². The fourth-order valence-corrected chi connectivity index (χ4v) is 2.47. The molecule has 0 aliphatic heterocycles. The summed E-state index contributed by atoms with van der Waals surface area (Å²) in [7, 11) is -3.42. The molecular formula is C12H15BrFNO3S. The number of halogens is 2. The second kappa shape index (κ2) is 7.00. The molecule has 0 aliphatic carbocycles. The van der Waals surface area contributed by atoms with Crippen LogP contribution in [0.4, 0.5) is 10.1 Å². The second-order valence-electron chi connectivity index (χ2n) is 4.11. The van der Waals surface area contributed by atoms with Gasteiger partial charge in [0.05, 0.1) is 10.6 Å². The Morgan fingerprint density at radius 1 is 1.37 bits per heavy atom. The van der Waals surface area contributed by atoms with Crippen molar-refractivity contribution in [1.29, 1.82) is 0 Å². The number of benzene rings is 1. The first-order valence-electron chi connectivity index (χ1n) is 5.70. The third kappa shape index (κ3) is 5.28. The van der Waals surface area contributed by atoms with Gasteiger partial charge in [-0.05, 0) is 31.0 Å². The molecule has 0 saturated heterocycles. The number of anilines is 1. The maximum absolute atomic E-state index is 13.5. The van der Waals surface area contributed by atoms with E-state index in [-0.39, 0.29) is 22.9 Å². The van der Waals surface area contributed by atoms with Gasteiger partial charge in [0, 0.05) is 18.0 Å². The van der Waals surface area contributed by atoms with Crippen molar-refractivity contribution in [3.8, 4) is 0 Å². The Bertz CT molecular complexity index is 560. The molecule has 1 rings (SSSR count). The molecule has 0 aliphatic rings. The van der Waals surface area contributed by atoms with Crippen molar-refractivity contribution in [3.63, 3.8) is 0 Å². The first kappa shape index (κ1) is 16.1. The van der Waals surface area contributed by atoms with Crippen molar-refractivity contribution < 1.29 is 17.6 Å². The number of sulfone groups is 1. The zero-order chi connectivity index (χ0) is 14.5. The summed E-state index contributed by atoms with van der Waals surface area (Å²) in [6.07, 6.45) is 2.83. The molecule has 1 aromatic carbocycles. The molecule has 0 radical (unpaired) electrons. The number of unbranched alkanes of at least 4 members (excludes halogenated alkanes) is 1. The molecule has 7 heteroatoms. The van der Waals surface area contributed by atoms with Crippen molar-refractivity contribution in [3.05, 3.63) is 24.0 Å². The lowest BCUT2D eigenvalue weighted by Gasteiger charge is -2.08. The van der Waals surface area contributed by atoms with Crippen LogP contribution in [0.5, 0.6) is 0 Å². The summed E-state index contributed by atoms with van der Waals surface area (Å²) in [4.78, 5) is 11.5. The Labute approximate surface area is 120 Å². The lowest BCUT2D eigenvalue weighted by atomic mass is 10.2. The van der Waals surface area contributed by atoms with E-state index in [4.69, 9.17) is 0 Å². The number of amides is 1. The van der Waals surface area contributed by atoms with Crippen LogP contribution in [0.2, 0.25) is 0 Å². The van der Waals surface area contributed by atoms with Gasteiger partial charge in [0.25, 0.3) is 0 Å². The van der Waals surface area contributed by atoms with Gasteiger partial charge in [-0.25, -0.2) is 12.8 Å². The highest BCUT2D eigenvalue weighted by Gasteiger charge is 2.12. The zero-order valence-electron chi connectivity index (χ0n) is 10.4. The Morgan fingerprint density at radius 3 is 2.63 bits per heavy atom. The van der Waals surface area contributed by atoms with Crippen molar-refractivity contribution in [2.24, 2.45) is 0 Å². The molecule has 106 valence electrons. The van der Waals surface area contributed by atoms with Gasteiger partial charge in [0.1, 0.15) is 5.82 Å². The summed E-state index contributed by atoms with van der Waals surface area (Å²) in [5.74, 6) is -0.980. The molecule has 0 atom stereocenters. The average molecular weight is 352 g/mol. The van der Waals surface area contributed by atoms with Crippen LogP contribution in [0.1, 0.15) is 19.3 Å². The molecule has 1 aromatic rings. The van der Waals surface area contributed by atoms with Crippen LogP contribution in [-0.4, -0.2) is 25.9 Å². The van der Waals surface area contributed by atoms with Crippen LogP contribution in [0.3, 0.4) is 0 Å². The lowest BCUT2D eigenvalue weighted by molar-refractivity contribution is -0.116. The van der Waals surface area contributed by atoms with Crippen molar-refractivity contribution >= 4 is 37.4 Å². The van der Waals surface area contributed by atoms with Gasteiger partial charge in [-0.3, -0.25) is 4.79 Å². The van der Waals surface area contributed by atoms with Gasteiger partial charge in [0.15, 0.2) is 9.84 Å². The van der Waals surface area contributed by atoms with Gasteiger partial charge < -0.3 is 5.32 Å². The van der Waals surface area contributed by atoms with Crippen LogP contribution in [0.15, 0.2) is 23.1 Å². The summed E-state index contributed by atoms with van der Waals surface area (Å²) in [6, 6.07) is 3.34. The largest absolute Gasteiger partial charge is 0.324 e. The van der Waals surface area contributed by atoms with Crippen LogP contribution >= 0.6 is 15.9 Å². The number of hydrogen-bond donors (Lipinski definition) is 1. The topological polar surface area (TPSA) is 63.2 Å². The van der Waals surface area contributed by atoms with E-state index in [2.05, 4.69) is 21.2 Å². The average Bonchev–Trinajstić information content (AvgIpc) is 2.31. The van der Waals surface area contributed by atoms with E-state index in [1.807, 2.05) is 0 Å². The summed E-state index contributed by atoms with van der Waals surface area (Å²) in [5.41, 5.74) is -0.105. The smallest absolute Gasteiger partial charge is 0.224 e. The minimum absolute atomic E-state index is 0.0235. The molecule has 0 bridgehead atoms. The number of nitrogens with one attached hydrogen (secondary N) is 1. The first-order chi connectivity index (χ1) is 8.84. The van der Waals surface area contributed by atoms with E-state index in [1.54, 1.807) is 0 Å². The maximum Gasteiger partial charge on any atom is 0.224 e. The van der Waals surface area contributed by atoms with E-state index in [0.717, 1.165) is 30.1 Å². The normalized spacial score (nSPS) is 11.3. The van der Waals surface area contributed by atoms with Crippen LogP contribution in [0, 0.1) is 5.82 Å². The molecule has 0 fully saturated rings. The standard InChI is InChI=1S/C12H15BrFNO3S/c1-19(17,18)9-5-6-10(14)11(8-9)15-12(16)4-2-3-7-13/h5-6,8H,2-4,7H2,1H3,(H,15,16). The number of carbonyl (C=O) groups is 1. The zero-order valence-corrected chi connectivity index (χ0v) is 12.9. The Hall–Kier alpha value is -0.950. The summed E-state index contributed by atoms with van der Waals surface area (Å²) in [6.45, 7) is 0. The number of hydrogen-bond acceptors (Lipinski definition) is 3. The predicted octanol–water partition coefficient (Wildman–Crippen LogP) is 2.73. The van der Waals surface area contributed by atoms with Gasteiger partial charge in [-0.1, -0.05) is 15.9 Å².